The van der Waals surface area contributed by atoms with Gasteiger partial charge in [-0.25, -0.2) is 4.79 Å². The van der Waals surface area contributed by atoms with Crippen molar-refractivity contribution < 1.29 is 4.79 Å². The van der Waals surface area contributed by atoms with Gasteiger partial charge >= 0.3 is 5.69 Å². The lowest BCUT2D eigenvalue weighted by atomic mass is 9.98. The van der Waals surface area contributed by atoms with Crippen LogP contribution in [0.15, 0.2) is 11.0 Å². The lowest BCUT2D eigenvalue weighted by Crippen LogP contribution is -2.42. The van der Waals surface area contributed by atoms with Gasteiger partial charge in [-0.3, -0.25) is 4.79 Å². The highest BCUT2D eigenvalue weighted by atomic mass is 16.2. The summed E-state index contributed by atoms with van der Waals surface area (Å²) < 4.78 is 0. The fourth-order valence-corrected chi connectivity index (χ4v) is 2.06. The summed E-state index contributed by atoms with van der Waals surface area (Å²) in [5.41, 5.74) is 5.58. The molecule has 0 aliphatic carbocycles. The van der Waals surface area contributed by atoms with E-state index in [1.165, 1.54) is 6.20 Å². The van der Waals surface area contributed by atoms with Gasteiger partial charge in [0.25, 0.3) is 5.91 Å². The zero-order valence-corrected chi connectivity index (χ0v) is 9.03. The Bertz CT molecular complexity index is 422. The number of H-pyrrole nitrogens is 2. The van der Waals surface area contributed by atoms with Crippen LogP contribution in [0.5, 0.6) is 0 Å². The molecule has 1 amide bonds. The number of nitrogens with zero attached hydrogens (tertiary/aromatic N) is 1. The van der Waals surface area contributed by atoms with E-state index in [0.29, 0.717) is 24.7 Å². The molecule has 1 atom stereocenters. The smallest absolute Gasteiger partial charge is 0.323 e. The molecule has 6 nitrogen and oxygen atoms in total. The normalized spacial score (nSPS) is 21.1. The number of imidazole rings is 1. The van der Waals surface area contributed by atoms with Gasteiger partial charge in [0.15, 0.2) is 0 Å². The Balaban J connectivity index is 2.07. The molecular weight excluding hydrogens is 208 g/mol. The summed E-state index contributed by atoms with van der Waals surface area (Å²) in [4.78, 5) is 29.5. The number of amides is 1. The van der Waals surface area contributed by atoms with Crippen molar-refractivity contribution in [2.45, 2.75) is 12.8 Å². The zero-order chi connectivity index (χ0) is 11.5. The van der Waals surface area contributed by atoms with Gasteiger partial charge in [-0.2, -0.15) is 0 Å². The largest absolute Gasteiger partial charge is 0.337 e. The van der Waals surface area contributed by atoms with E-state index in [1.807, 2.05) is 0 Å². The first-order valence-corrected chi connectivity index (χ1v) is 5.47. The highest BCUT2D eigenvalue weighted by Crippen LogP contribution is 2.16. The Labute approximate surface area is 92.8 Å². The van der Waals surface area contributed by atoms with Crippen LogP contribution in [0.3, 0.4) is 0 Å². The molecule has 0 radical (unpaired) electrons. The average Bonchev–Trinajstić information content (AvgIpc) is 2.75. The maximum Gasteiger partial charge on any atom is 0.323 e. The van der Waals surface area contributed by atoms with Crippen molar-refractivity contribution in [3.63, 3.8) is 0 Å². The molecule has 1 aliphatic heterocycles. The van der Waals surface area contributed by atoms with Gasteiger partial charge in [0.2, 0.25) is 0 Å². The van der Waals surface area contributed by atoms with E-state index in [1.54, 1.807) is 4.90 Å². The SMILES string of the molecule is NCC1CCCN(C(=O)c2c[nH]c(=O)[nH]2)C1. The molecule has 88 valence electrons. The minimum Gasteiger partial charge on any atom is -0.337 e. The Morgan fingerprint density at radius 3 is 3.06 bits per heavy atom. The molecule has 1 unspecified atom stereocenters. The topological polar surface area (TPSA) is 95.0 Å². The van der Waals surface area contributed by atoms with E-state index < -0.39 is 0 Å². The van der Waals surface area contributed by atoms with Crippen LogP contribution in [0.1, 0.15) is 23.3 Å². The molecule has 0 bridgehead atoms. The Morgan fingerprint density at radius 1 is 1.62 bits per heavy atom. The van der Waals surface area contributed by atoms with Crippen molar-refractivity contribution in [3.8, 4) is 0 Å². The first-order chi connectivity index (χ1) is 7.70. The van der Waals surface area contributed by atoms with Gasteiger partial charge in [0, 0.05) is 19.3 Å². The van der Waals surface area contributed by atoms with Crippen LogP contribution in [-0.2, 0) is 0 Å². The van der Waals surface area contributed by atoms with E-state index in [2.05, 4.69) is 9.97 Å². The molecule has 0 spiro atoms. The lowest BCUT2D eigenvalue weighted by molar-refractivity contribution is 0.0672. The Morgan fingerprint density at radius 2 is 2.44 bits per heavy atom. The number of carbonyl (C=O) groups is 1. The summed E-state index contributed by atoms with van der Waals surface area (Å²) in [5, 5.41) is 0. The first kappa shape index (κ1) is 10.9. The van der Waals surface area contributed by atoms with Crippen LogP contribution < -0.4 is 11.4 Å². The van der Waals surface area contributed by atoms with Gasteiger partial charge in [-0.15, -0.1) is 0 Å². The van der Waals surface area contributed by atoms with Crippen molar-refractivity contribution in [3.05, 3.63) is 22.4 Å². The third-order valence-corrected chi connectivity index (χ3v) is 2.97. The van der Waals surface area contributed by atoms with Crippen molar-refractivity contribution in [2.75, 3.05) is 19.6 Å². The Hall–Kier alpha value is -1.56. The minimum atomic E-state index is -0.351. The van der Waals surface area contributed by atoms with Gasteiger partial charge < -0.3 is 20.6 Å². The summed E-state index contributed by atoms with van der Waals surface area (Å²) in [6.45, 7) is 2.03. The quantitative estimate of drug-likeness (QED) is 0.632. The number of rotatable bonds is 2. The van der Waals surface area contributed by atoms with E-state index in [9.17, 15) is 9.59 Å². The van der Waals surface area contributed by atoms with E-state index in [0.717, 1.165) is 19.4 Å². The molecule has 1 aliphatic rings. The van der Waals surface area contributed by atoms with Crippen LogP contribution in [0.2, 0.25) is 0 Å². The molecule has 1 fully saturated rings. The molecular formula is C10H16N4O2. The molecule has 1 aromatic heterocycles. The monoisotopic (exact) mass is 224 g/mol. The predicted molar refractivity (Wildman–Crippen MR) is 59.1 cm³/mol. The molecule has 1 saturated heterocycles. The number of aromatic nitrogens is 2. The number of nitrogens with two attached hydrogens (primary N) is 1. The highest BCUT2D eigenvalue weighted by Gasteiger charge is 2.24. The zero-order valence-electron chi connectivity index (χ0n) is 9.03. The van der Waals surface area contributed by atoms with Crippen LogP contribution in [0.4, 0.5) is 0 Å². The molecule has 6 heteroatoms. The third kappa shape index (κ3) is 2.16. The van der Waals surface area contributed by atoms with Crippen LogP contribution in [-0.4, -0.2) is 40.4 Å². The molecule has 2 rings (SSSR count). The fraction of sp³-hybridized carbons (Fsp3) is 0.600. The minimum absolute atomic E-state index is 0.128. The van der Waals surface area contributed by atoms with E-state index >= 15 is 0 Å². The molecule has 16 heavy (non-hydrogen) atoms. The number of carbonyl (C=O) groups excluding carboxylic acids is 1. The van der Waals surface area contributed by atoms with Gasteiger partial charge in [-0.1, -0.05) is 0 Å². The molecule has 4 N–H and O–H groups in total. The number of aromatic amines is 2. The second-order valence-corrected chi connectivity index (χ2v) is 4.15. The van der Waals surface area contributed by atoms with Crippen molar-refractivity contribution in [2.24, 2.45) is 11.7 Å². The van der Waals surface area contributed by atoms with Crippen molar-refractivity contribution in [1.29, 1.82) is 0 Å². The number of likely N-dealkylation sites (tertiary alicyclic amines) is 1. The van der Waals surface area contributed by atoms with Crippen molar-refractivity contribution in [1.82, 2.24) is 14.9 Å². The maximum atomic E-state index is 12.0. The van der Waals surface area contributed by atoms with Gasteiger partial charge in [0.05, 0.1) is 0 Å². The van der Waals surface area contributed by atoms with Crippen LogP contribution in [0, 0.1) is 5.92 Å². The average molecular weight is 224 g/mol. The summed E-state index contributed by atoms with van der Waals surface area (Å²) in [6, 6.07) is 0. The number of hydrogen-bond acceptors (Lipinski definition) is 3. The summed E-state index contributed by atoms with van der Waals surface area (Å²) in [5.74, 6) is 0.250. The lowest BCUT2D eigenvalue weighted by Gasteiger charge is -2.31. The second kappa shape index (κ2) is 4.52. The van der Waals surface area contributed by atoms with Gasteiger partial charge in [-0.05, 0) is 25.3 Å². The van der Waals surface area contributed by atoms with Crippen LogP contribution >= 0.6 is 0 Å². The van der Waals surface area contributed by atoms with E-state index in [-0.39, 0.29) is 11.6 Å². The second-order valence-electron chi connectivity index (χ2n) is 4.15. The fourth-order valence-electron chi connectivity index (χ4n) is 2.06. The first-order valence-electron chi connectivity index (χ1n) is 5.47. The van der Waals surface area contributed by atoms with Crippen LogP contribution in [0.25, 0.3) is 0 Å². The molecule has 0 aromatic carbocycles. The highest BCUT2D eigenvalue weighted by molar-refractivity contribution is 5.92. The Kier molecular flexibility index (Phi) is 3.09. The van der Waals surface area contributed by atoms with Gasteiger partial charge in [0.1, 0.15) is 5.69 Å². The van der Waals surface area contributed by atoms with E-state index in [4.69, 9.17) is 5.73 Å². The molecule has 1 aromatic rings. The van der Waals surface area contributed by atoms with Crippen molar-refractivity contribution >= 4 is 5.91 Å². The summed E-state index contributed by atoms with van der Waals surface area (Å²) in [6.07, 6.45) is 3.46. The third-order valence-electron chi connectivity index (χ3n) is 2.97. The summed E-state index contributed by atoms with van der Waals surface area (Å²) in [7, 11) is 0. The molecule has 0 saturated carbocycles. The maximum absolute atomic E-state index is 12.0. The predicted octanol–water partition coefficient (Wildman–Crippen LogP) is -0.486. The number of nitrogens with one attached hydrogen (secondary N) is 2. The standard InChI is InChI=1S/C10H16N4O2/c11-4-7-2-1-3-14(6-7)9(15)8-5-12-10(16)13-8/h5,7H,1-4,6,11H2,(H2,12,13,16). The molecule has 2 heterocycles. The number of piperidine rings is 1. The number of hydrogen-bond donors (Lipinski definition) is 3. The summed E-state index contributed by atoms with van der Waals surface area (Å²) >= 11 is 0.